The molecule has 124 valence electrons. The van der Waals surface area contributed by atoms with E-state index in [1.807, 2.05) is 4.90 Å². The number of Topliss-reactive ketones (excluding diaryl/α,β-unsaturated/α-hetero) is 1. The van der Waals surface area contributed by atoms with Gasteiger partial charge in [0.25, 0.3) is 0 Å². The Morgan fingerprint density at radius 3 is 2.48 bits per heavy atom. The second-order valence-corrected chi connectivity index (χ2v) is 6.11. The van der Waals surface area contributed by atoms with Crippen molar-refractivity contribution in [3.8, 4) is 6.07 Å². The Labute approximate surface area is 135 Å². The van der Waals surface area contributed by atoms with E-state index in [2.05, 4.69) is 6.07 Å². The molecule has 2 aliphatic rings. The Morgan fingerprint density at radius 2 is 1.96 bits per heavy atom. The molecule has 2 unspecified atom stereocenters. The molecular weight excluding hydrogens is 298 g/mol. The van der Waals surface area contributed by atoms with Crippen molar-refractivity contribution in [2.24, 2.45) is 17.6 Å². The molecule has 3 amide bonds. The number of likely N-dealkylation sites (tertiary alicyclic amines) is 1. The molecular formula is C15H22N5O3+. The highest BCUT2D eigenvalue weighted by Crippen LogP contribution is 2.21. The van der Waals surface area contributed by atoms with Crippen molar-refractivity contribution in [2.75, 3.05) is 27.2 Å². The minimum Gasteiger partial charge on any atom is -0.321 e. The molecule has 2 aliphatic heterocycles. The summed E-state index contributed by atoms with van der Waals surface area (Å²) < 4.78 is 1.14. The number of nitrogens with two attached hydrogens (primary N) is 1. The zero-order chi connectivity index (χ0) is 17.3. The summed E-state index contributed by atoms with van der Waals surface area (Å²) in [5.74, 6) is -2.03. The van der Waals surface area contributed by atoms with Gasteiger partial charge in [-0.15, -0.1) is 0 Å². The van der Waals surface area contributed by atoms with E-state index in [1.165, 1.54) is 14.1 Å². The highest BCUT2D eigenvalue weighted by molar-refractivity contribution is 6.23. The van der Waals surface area contributed by atoms with Gasteiger partial charge in [0.2, 0.25) is 5.84 Å². The lowest BCUT2D eigenvalue weighted by Crippen LogP contribution is -2.60. The predicted octanol–water partition coefficient (Wildman–Crippen LogP) is -0.613. The first-order valence-corrected chi connectivity index (χ1v) is 7.64. The first kappa shape index (κ1) is 17.1. The van der Waals surface area contributed by atoms with E-state index >= 15 is 0 Å². The molecule has 0 radical (unpaired) electrons. The number of ketones is 1. The molecule has 0 bridgehead atoms. The Morgan fingerprint density at radius 1 is 1.39 bits per heavy atom. The second-order valence-electron chi connectivity index (χ2n) is 6.11. The van der Waals surface area contributed by atoms with Crippen LogP contribution in [0.4, 0.5) is 4.79 Å². The molecule has 0 aromatic carbocycles. The Balaban J connectivity index is 2.18. The summed E-state index contributed by atoms with van der Waals surface area (Å²) in [6, 6.07) is 1.21. The van der Waals surface area contributed by atoms with Crippen LogP contribution in [0.25, 0.3) is 0 Å². The van der Waals surface area contributed by atoms with Gasteiger partial charge >= 0.3 is 11.9 Å². The maximum absolute atomic E-state index is 12.8. The lowest BCUT2D eigenvalue weighted by Gasteiger charge is -2.34. The number of rotatable bonds is 3. The summed E-state index contributed by atoms with van der Waals surface area (Å²) in [6.07, 6.45) is 1.43. The van der Waals surface area contributed by atoms with Crippen LogP contribution in [-0.4, -0.2) is 71.2 Å². The van der Waals surface area contributed by atoms with E-state index in [4.69, 9.17) is 11.0 Å². The topological polar surface area (TPSA) is 111 Å². The molecule has 2 N–H and O–H groups in total. The summed E-state index contributed by atoms with van der Waals surface area (Å²) in [6.45, 7) is 3.01. The summed E-state index contributed by atoms with van der Waals surface area (Å²) in [5, 5.41) is 8.94. The number of amidine groups is 1. The van der Waals surface area contributed by atoms with Gasteiger partial charge in [0.05, 0.1) is 26.2 Å². The van der Waals surface area contributed by atoms with E-state index in [0.29, 0.717) is 25.9 Å². The van der Waals surface area contributed by atoms with Gasteiger partial charge in [0.15, 0.2) is 11.7 Å². The number of imide groups is 1. The summed E-state index contributed by atoms with van der Waals surface area (Å²) >= 11 is 0. The van der Waals surface area contributed by atoms with Gasteiger partial charge in [0.1, 0.15) is 0 Å². The summed E-state index contributed by atoms with van der Waals surface area (Å²) in [7, 11) is 2.79. The Kier molecular flexibility index (Phi) is 4.80. The third-order valence-corrected chi connectivity index (χ3v) is 4.79. The highest BCUT2D eigenvalue weighted by Gasteiger charge is 2.48. The van der Waals surface area contributed by atoms with Crippen LogP contribution in [0, 0.1) is 23.2 Å². The smallest absolute Gasteiger partial charge is 0.321 e. The number of hydrogen-bond acceptors (Lipinski definition) is 6. The fourth-order valence-electron chi connectivity index (χ4n) is 3.05. The van der Waals surface area contributed by atoms with Crippen molar-refractivity contribution in [3.63, 3.8) is 0 Å². The molecule has 23 heavy (non-hydrogen) atoms. The van der Waals surface area contributed by atoms with E-state index in [9.17, 15) is 14.4 Å². The van der Waals surface area contributed by atoms with Crippen molar-refractivity contribution in [2.45, 2.75) is 25.8 Å². The highest BCUT2D eigenvalue weighted by atomic mass is 16.2. The first-order chi connectivity index (χ1) is 10.8. The van der Waals surface area contributed by atoms with Gasteiger partial charge < -0.3 is 5.73 Å². The van der Waals surface area contributed by atoms with Crippen LogP contribution < -0.4 is 5.73 Å². The largest absolute Gasteiger partial charge is 0.445 e. The fourth-order valence-corrected chi connectivity index (χ4v) is 3.05. The number of nitrogens with zero attached hydrogens (tertiary/aromatic N) is 4. The summed E-state index contributed by atoms with van der Waals surface area (Å²) in [5.41, 5.74) is 5.87. The van der Waals surface area contributed by atoms with Crippen molar-refractivity contribution >= 4 is 23.6 Å². The minimum atomic E-state index is -1.13. The molecule has 0 saturated carbocycles. The third-order valence-electron chi connectivity index (χ3n) is 4.79. The van der Waals surface area contributed by atoms with Crippen molar-refractivity contribution in [1.29, 1.82) is 5.26 Å². The molecule has 8 heteroatoms. The molecule has 0 aliphatic carbocycles. The molecule has 1 saturated heterocycles. The number of carbonyl (C=O) groups excluding carboxylic acids is 3. The lowest BCUT2D eigenvalue weighted by atomic mass is 9.91. The molecule has 8 nitrogen and oxygen atoms in total. The van der Waals surface area contributed by atoms with Gasteiger partial charge in [0, 0.05) is 19.0 Å². The van der Waals surface area contributed by atoms with Crippen LogP contribution in [0.15, 0.2) is 0 Å². The summed E-state index contributed by atoms with van der Waals surface area (Å²) in [4.78, 5) is 39.8. The number of piperidine rings is 1. The van der Waals surface area contributed by atoms with Gasteiger partial charge in [-0.05, 0) is 19.8 Å². The van der Waals surface area contributed by atoms with Gasteiger partial charge in [-0.3, -0.25) is 14.5 Å². The number of hydrogen-bond donors (Lipinski definition) is 1. The van der Waals surface area contributed by atoms with Crippen LogP contribution in [-0.2, 0) is 9.59 Å². The maximum atomic E-state index is 12.8. The predicted molar refractivity (Wildman–Crippen MR) is 81.4 cm³/mol. The van der Waals surface area contributed by atoms with Crippen molar-refractivity contribution < 1.29 is 19.0 Å². The van der Waals surface area contributed by atoms with Crippen LogP contribution in [0.2, 0.25) is 0 Å². The minimum absolute atomic E-state index is 0.0244. The SMILES string of the molecule is CC(C(=O)C1C(=O)N(C)C(=O)[N+](C)=C1N)N1CCC(C#N)CC1. The van der Waals surface area contributed by atoms with Crippen molar-refractivity contribution in [3.05, 3.63) is 0 Å². The fraction of sp³-hybridized carbons (Fsp3) is 0.667. The zero-order valence-electron chi connectivity index (χ0n) is 13.7. The first-order valence-electron chi connectivity index (χ1n) is 7.64. The molecule has 2 atom stereocenters. The Hall–Kier alpha value is -2.27. The molecule has 0 aromatic heterocycles. The van der Waals surface area contributed by atoms with Crippen molar-refractivity contribution in [1.82, 2.24) is 9.80 Å². The number of amides is 3. The van der Waals surface area contributed by atoms with Crippen LogP contribution >= 0.6 is 0 Å². The van der Waals surface area contributed by atoms with E-state index in [1.54, 1.807) is 6.92 Å². The molecule has 0 aromatic rings. The third kappa shape index (κ3) is 2.97. The van der Waals surface area contributed by atoms with Gasteiger partial charge in [-0.2, -0.15) is 10.2 Å². The number of urea groups is 1. The van der Waals surface area contributed by atoms with Crippen LogP contribution in [0.3, 0.4) is 0 Å². The monoisotopic (exact) mass is 320 g/mol. The van der Waals surface area contributed by atoms with Gasteiger partial charge in [-0.25, -0.2) is 9.37 Å². The average Bonchev–Trinajstić information content (AvgIpc) is 2.57. The van der Waals surface area contributed by atoms with E-state index in [-0.39, 0.29) is 17.5 Å². The van der Waals surface area contributed by atoms with E-state index < -0.39 is 23.9 Å². The second kappa shape index (κ2) is 6.46. The normalized spacial score (nSPS) is 25.5. The Bertz CT molecular complexity index is 613. The number of nitriles is 1. The quantitative estimate of drug-likeness (QED) is 0.548. The van der Waals surface area contributed by atoms with E-state index in [0.717, 1.165) is 9.48 Å². The zero-order valence-corrected chi connectivity index (χ0v) is 13.7. The lowest BCUT2D eigenvalue weighted by molar-refractivity contribution is -0.407. The molecule has 2 rings (SSSR count). The average molecular weight is 320 g/mol. The molecule has 2 heterocycles. The molecule has 1 fully saturated rings. The molecule has 0 spiro atoms. The number of carbonyl (C=O) groups is 3. The standard InChI is InChI=1S/C15H21N5O3/c1-9(20-6-4-10(8-16)5-7-20)12(21)11-13(17)18(2)15(23)19(3)14(11)22/h9-11,17H,4-7H2,1-3H3/p+1. The van der Waals surface area contributed by atoms with Crippen LogP contribution in [0.1, 0.15) is 19.8 Å². The van der Waals surface area contributed by atoms with Crippen LogP contribution in [0.5, 0.6) is 0 Å². The van der Waals surface area contributed by atoms with Gasteiger partial charge in [-0.1, -0.05) is 0 Å². The maximum Gasteiger partial charge on any atom is 0.445 e.